The summed E-state index contributed by atoms with van der Waals surface area (Å²) in [5.41, 5.74) is 18.2. The van der Waals surface area contributed by atoms with Crippen molar-refractivity contribution in [3.8, 4) is 34.1 Å². The highest BCUT2D eigenvalue weighted by Gasteiger charge is 2.64. The lowest BCUT2D eigenvalue weighted by molar-refractivity contribution is 0.187. The van der Waals surface area contributed by atoms with Gasteiger partial charge in [0.1, 0.15) is 28.7 Å². The Morgan fingerprint density at radius 3 is 1.65 bits per heavy atom. The van der Waals surface area contributed by atoms with Crippen molar-refractivity contribution in [2.24, 2.45) is 0 Å². The van der Waals surface area contributed by atoms with Crippen molar-refractivity contribution in [1.29, 1.82) is 0 Å². The van der Waals surface area contributed by atoms with Crippen LogP contribution in [0.4, 0.5) is 22.7 Å². The average Bonchev–Trinajstić information content (AvgIpc) is 3.13. The molecule has 0 radical (unpaired) electrons. The summed E-state index contributed by atoms with van der Waals surface area (Å²) in [4.78, 5) is 5.10. The predicted molar refractivity (Wildman–Crippen MR) is 325 cm³/mol. The molecule has 6 heterocycles. The van der Waals surface area contributed by atoms with Crippen LogP contribution in [0.3, 0.4) is 0 Å². The fourth-order valence-corrected chi connectivity index (χ4v) is 12.5. The zero-order valence-electron chi connectivity index (χ0n) is 46.8. The minimum Gasteiger partial charge on any atom is -0.457 e. The molecule has 0 spiro atoms. The lowest BCUT2D eigenvalue weighted by Gasteiger charge is -2.56. The van der Waals surface area contributed by atoms with E-state index in [9.17, 15) is 0 Å². The van der Waals surface area contributed by atoms with E-state index in [4.69, 9.17) is 9.72 Å². The quantitative estimate of drug-likeness (QED) is 0.118. The Morgan fingerprint density at radius 2 is 1.01 bits per heavy atom. The number of hydrogen-bond acceptors (Lipinski definition) is 2. The van der Waals surface area contributed by atoms with Crippen LogP contribution in [0, 0.1) is 6.67 Å². The maximum Gasteiger partial charge on any atom is 0.188 e. The van der Waals surface area contributed by atoms with Crippen molar-refractivity contribution in [1.82, 2.24) is 23.1 Å². The van der Waals surface area contributed by atoms with Gasteiger partial charge in [-0.05, 0) is 98.0 Å². The van der Waals surface area contributed by atoms with Gasteiger partial charge in [-0.2, -0.15) is 0 Å². The van der Waals surface area contributed by atoms with Crippen LogP contribution < -0.4 is 13.7 Å². The summed E-state index contributed by atoms with van der Waals surface area (Å²) in [7, 11) is 0. The highest BCUT2D eigenvalue weighted by molar-refractivity contribution is 6.17. The molecule has 3 aromatic heterocycles. The van der Waals surface area contributed by atoms with Crippen molar-refractivity contribution in [3.05, 3.63) is 217 Å². The smallest absolute Gasteiger partial charge is 0.188 e. The Kier molecular flexibility index (Phi) is 10.7. The van der Waals surface area contributed by atoms with E-state index in [-0.39, 0.29) is 21.7 Å². The second-order valence-electron chi connectivity index (χ2n) is 26.1. The molecule has 6 heteroatoms. The van der Waals surface area contributed by atoms with Gasteiger partial charge in [0.15, 0.2) is 18.0 Å². The number of nitrogens with zero attached hydrogens (tertiary/aromatic N) is 5. The van der Waals surface area contributed by atoms with Crippen LogP contribution in [0.15, 0.2) is 188 Å². The van der Waals surface area contributed by atoms with E-state index in [1.807, 2.05) is 6.20 Å². The molecule has 3 aliphatic rings. The van der Waals surface area contributed by atoms with Crippen LogP contribution in [-0.2, 0) is 21.7 Å². The topological polar surface area (TPSA) is 32.0 Å². The number of rotatable bonds is 7. The zero-order valence-corrected chi connectivity index (χ0v) is 46.8. The molecule has 384 valence electrons. The molecule has 2 bridgehead atoms. The molecule has 0 unspecified atom stereocenters. The Hall–Kier alpha value is -7.77. The number of para-hydroxylation sites is 4. The van der Waals surface area contributed by atoms with Crippen molar-refractivity contribution in [2.45, 2.75) is 105 Å². The summed E-state index contributed by atoms with van der Waals surface area (Å²) < 4.78 is 13.4. The molecule has 11 aromatic rings. The average molecular weight is 1010 g/mol. The SMILES string of the molecule is CC(C)(C)c1cccc(-c2cccc3c2[N@@+]2(c4cc(C(C)(C)C)cc(C(C)(C)C)c4)[CH-][N@+]3(c3cccc(Oc4cc(-n5c6ccccc6c6ccccc65)c5c6ccccc6n(-c6cc(C(C)(C)C)ccn6)c5c4)c3)C2)c1. The van der Waals surface area contributed by atoms with Crippen molar-refractivity contribution < 1.29 is 4.74 Å². The number of ether oxygens (including phenoxy) is 1. The number of aromatic nitrogens is 3. The fourth-order valence-electron chi connectivity index (χ4n) is 12.5. The molecule has 3 aliphatic heterocycles. The number of pyridine rings is 1. The van der Waals surface area contributed by atoms with Gasteiger partial charge in [-0.3, -0.25) is 13.5 Å². The second kappa shape index (κ2) is 16.9. The van der Waals surface area contributed by atoms with E-state index < -0.39 is 0 Å². The molecule has 0 N–H and O–H groups in total. The normalized spacial score (nSPS) is 17.6. The van der Waals surface area contributed by atoms with Gasteiger partial charge in [0.2, 0.25) is 0 Å². The van der Waals surface area contributed by atoms with Gasteiger partial charge in [-0.25, -0.2) is 4.98 Å². The van der Waals surface area contributed by atoms with E-state index in [0.29, 0.717) is 8.97 Å². The van der Waals surface area contributed by atoms with E-state index >= 15 is 0 Å². The van der Waals surface area contributed by atoms with Gasteiger partial charge in [0.05, 0.1) is 34.4 Å². The minimum absolute atomic E-state index is 0.00860. The lowest BCUT2D eigenvalue weighted by Crippen LogP contribution is -2.67. The van der Waals surface area contributed by atoms with Crippen LogP contribution in [0.25, 0.3) is 66.2 Å². The molecular formula is C71H70N5O+. The van der Waals surface area contributed by atoms with Gasteiger partial charge >= 0.3 is 0 Å². The first kappa shape index (κ1) is 48.8. The molecule has 1 fully saturated rings. The lowest BCUT2D eigenvalue weighted by atomic mass is 9.80. The maximum atomic E-state index is 7.34. The summed E-state index contributed by atoms with van der Waals surface area (Å²) in [6.07, 6.45) is 1.96. The van der Waals surface area contributed by atoms with E-state index in [2.05, 4.69) is 281 Å². The molecule has 6 nitrogen and oxygen atoms in total. The van der Waals surface area contributed by atoms with E-state index in [0.717, 1.165) is 62.5 Å². The molecule has 8 aromatic carbocycles. The zero-order chi connectivity index (χ0) is 53.6. The maximum absolute atomic E-state index is 7.34. The fraction of sp³-hybridized carbons (Fsp3) is 0.239. The third-order valence-corrected chi connectivity index (χ3v) is 16.7. The third kappa shape index (κ3) is 7.69. The first-order valence-electron chi connectivity index (χ1n) is 27.5. The second-order valence-corrected chi connectivity index (χ2v) is 26.1. The van der Waals surface area contributed by atoms with Crippen molar-refractivity contribution >= 4 is 66.4 Å². The van der Waals surface area contributed by atoms with Crippen LogP contribution in [0.1, 0.15) is 105 Å². The Labute approximate surface area is 454 Å². The first-order chi connectivity index (χ1) is 36.6. The summed E-state index contributed by atoms with van der Waals surface area (Å²) >= 11 is 0. The van der Waals surface area contributed by atoms with Gasteiger partial charge in [-0.1, -0.05) is 180 Å². The van der Waals surface area contributed by atoms with Crippen LogP contribution in [0.5, 0.6) is 11.5 Å². The van der Waals surface area contributed by atoms with Crippen LogP contribution >= 0.6 is 0 Å². The summed E-state index contributed by atoms with van der Waals surface area (Å²) in [5.74, 6) is 2.40. The monoisotopic (exact) mass is 1010 g/mol. The highest BCUT2D eigenvalue weighted by Crippen LogP contribution is 2.68. The Balaban J connectivity index is 1.01. The number of fused-ring (bicyclic) bond motifs is 6. The van der Waals surface area contributed by atoms with Gasteiger partial charge in [0.25, 0.3) is 0 Å². The molecule has 1 saturated heterocycles. The van der Waals surface area contributed by atoms with Gasteiger partial charge in [0, 0.05) is 69.7 Å². The molecule has 0 amide bonds. The molecule has 0 saturated carbocycles. The van der Waals surface area contributed by atoms with Gasteiger partial charge < -0.3 is 9.30 Å². The number of benzene rings is 8. The van der Waals surface area contributed by atoms with E-state index in [1.54, 1.807) is 0 Å². The van der Waals surface area contributed by atoms with Gasteiger partial charge in [-0.15, -0.1) is 0 Å². The minimum atomic E-state index is -0.0666. The molecule has 77 heavy (non-hydrogen) atoms. The largest absolute Gasteiger partial charge is 0.457 e. The molecule has 2 atom stereocenters. The summed E-state index contributed by atoms with van der Waals surface area (Å²) in [6.45, 7) is 31.2. The summed E-state index contributed by atoms with van der Waals surface area (Å²) in [6, 6.07) is 67.7. The first-order valence-corrected chi connectivity index (χ1v) is 27.5. The van der Waals surface area contributed by atoms with Crippen molar-refractivity contribution in [2.75, 3.05) is 6.67 Å². The van der Waals surface area contributed by atoms with Crippen LogP contribution in [0.2, 0.25) is 0 Å². The molecule has 0 aliphatic carbocycles. The number of hydrogen-bond donors (Lipinski definition) is 0. The number of quaternary nitrogens is 2. The Bertz CT molecular complexity index is 4110. The summed E-state index contributed by atoms with van der Waals surface area (Å²) in [5, 5.41) is 4.72. The van der Waals surface area contributed by atoms with E-state index in [1.165, 1.54) is 66.9 Å². The standard InChI is InChI=1S/C71H70N5O/c1-68(2,3)47-23-19-22-46(36-47)55-29-21-33-64-67(55)76(52-38-49(70(7,8)9)37-50(39-52)71(10,11)12)44-75(64,45-76)51-24-20-25-53(41-51)77-54-42-62(73-59-30-16-13-26-56(59)57-27-14-17-31-60(57)73)66-58-28-15-18-32-61(58)74(63(66)43-54)65-40-48(34-35-72-65)69(4,5)6/h13-44H,45H2,1-12H3/q+1/t75-,76+/m1/s1. The highest BCUT2D eigenvalue weighted by atomic mass is 16.5. The molecular weight excluding hydrogens is 939 g/mol. The third-order valence-electron chi connectivity index (χ3n) is 16.7. The predicted octanol–water partition coefficient (Wildman–Crippen LogP) is 19.3. The van der Waals surface area contributed by atoms with Crippen molar-refractivity contribution in [3.63, 3.8) is 0 Å². The Morgan fingerprint density at radius 1 is 0.442 bits per heavy atom. The van der Waals surface area contributed by atoms with Crippen LogP contribution in [-0.4, -0.2) is 20.8 Å². The molecule has 14 rings (SSSR count).